The smallest absolute Gasteiger partial charge is 0.416 e. The lowest BCUT2D eigenvalue weighted by Crippen LogP contribution is -2.46. The van der Waals surface area contributed by atoms with Crippen molar-refractivity contribution in [3.63, 3.8) is 0 Å². The number of amides is 3. The number of ether oxygens (including phenoxy) is 4. The van der Waals surface area contributed by atoms with Crippen LogP contribution in [0.4, 0.5) is 34.1 Å². The number of halogens is 3. The van der Waals surface area contributed by atoms with Crippen LogP contribution in [0.5, 0.6) is 5.75 Å². The highest BCUT2D eigenvalue weighted by Gasteiger charge is 2.50. The van der Waals surface area contributed by atoms with Crippen molar-refractivity contribution in [1.82, 2.24) is 5.32 Å². The van der Waals surface area contributed by atoms with Gasteiger partial charge in [-0.05, 0) is 42.5 Å². The molecule has 34 heavy (non-hydrogen) atoms. The van der Waals surface area contributed by atoms with Gasteiger partial charge >= 0.3 is 18.3 Å². The van der Waals surface area contributed by atoms with Gasteiger partial charge in [-0.15, -0.1) is 0 Å². The van der Waals surface area contributed by atoms with Crippen LogP contribution >= 0.6 is 0 Å². The number of urea groups is 1. The molecular formula is C22H22F3N3O6. The van der Waals surface area contributed by atoms with Crippen molar-refractivity contribution in [1.29, 1.82) is 0 Å². The number of hydrogen-bond acceptors (Lipinski definition) is 6. The molecule has 3 N–H and O–H groups in total. The van der Waals surface area contributed by atoms with Crippen LogP contribution in [-0.4, -0.2) is 56.8 Å². The molecule has 2 aromatic rings. The lowest BCUT2D eigenvalue weighted by molar-refractivity contribution is -0.137. The van der Waals surface area contributed by atoms with E-state index in [0.29, 0.717) is 11.4 Å². The summed E-state index contributed by atoms with van der Waals surface area (Å²) in [5.41, 5.74) is -0.368. The molecule has 2 heterocycles. The maximum absolute atomic E-state index is 12.9. The molecule has 3 amide bonds. The molecule has 0 aliphatic carbocycles. The zero-order chi connectivity index (χ0) is 24.3. The highest BCUT2D eigenvalue weighted by atomic mass is 19.4. The molecule has 2 aliphatic rings. The third-order valence-electron chi connectivity index (χ3n) is 5.37. The van der Waals surface area contributed by atoms with Gasteiger partial charge in [0.15, 0.2) is 6.10 Å². The van der Waals surface area contributed by atoms with Crippen LogP contribution in [0.1, 0.15) is 5.56 Å². The minimum Gasteiger partial charge on any atom is -0.497 e. The predicted molar refractivity (Wildman–Crippen MR) is 114 cm³/mol. The average Bonchev–Trinajstić information content (AvgIpc) is 3.37. The van der Waals surface area contributed by atoms with Crippen molar-refractivity contribution in [3.05, 3.63) is 54.1 Å². The molecular weight excluding hydrogens is 459 g/mol. The van der Waals surface area contributed by atoms with Crippen molar-refractivity contribution >= 4 is 23.5 Å². The van der Waals surface area contributed by atoms with E-state index in [1.165, 1.54) is 19.2 Å². The standard InChI is InChI=1S/C22H22F3N3O6/c1-31-15-7-5-13(6-8-15)27-21(30)34-17-11-33-18-16(10-32-19(17)18)28-20(29)26-14-4-2-3-12(9-14)22(23,24)25/h2-9,16-19H,10-11H2,1H3,(H,27,30)(H2,26,28,29)/t16-,17+,18+,19+/m0/s1. The first-order chi connectivity index (χ1) is 16.2. The molecule has 2 saturated heterocycles. The Labute approximate surface area is 192 Å². The van der Waals surface area contributed by atoms with Crippen molar-refractivity contribution in [2.75, 3.05) is 31.0 Å². The normalized spacial score (nSPS) is 23.6. The number of alkyl halides is 3. The fourth-order valence-electron chi connectivity index (χ4n) is 3.76. The number of benzene rings is 2. The Kier molecular flexibility index (Phi) is 6.80. The Hall–Kier alpha value is -3.51. The van der Waals surface area contributed by atoms with Crippen LogP contribution < -0.4 is 20.7 Å². The maximum Gasteiger partial charge on any atom is 0.416 e. The second kappa shape index (κ2) is 9.77. The van der Waals surface area contributed by atoms with Crippen LogP contribution in [0, 0.1) is 0 Å². The molecule has 182 valence electrons. The molecule has 0 saturated carbocycles. The summed E-state index contributed by atoms with van der Waals surface area (Å²) < 4.78 is 60.4. The summed E-state index contributed by atoms with van der Waals surface area (Å²) in [7, 11) is 1.53. The van der Waals surface area contributed by atoms with E-state index in [1.54, 1.807) is 24.3 Å². The van der Waals surface area contributed by atoms with Gasteiger partial charge in [0, 0.05) is 11.4 Å². The molecule has 2 aromatic carbocycles. The van der Waals surface area contributed by atoms with Gasteiger partial charge in [-0.2, -0.15) is 13.2 Å². The SMILES string of the molecule is COc1ccc(NC(=O)O[C@@H]2CO[C@H]3[C@@H]2OC[C@@H]3NC(=O)Nc2cccc(C(F)(F)F)c2)cc1. The number of hydrogen-bond donors (Lipinski definition) is 3. The van der Waals surface area contributed by atoms with Gasteiger partial charge in [0.2, 0.25) is 0 Å². The number of rotatable bonds is 5. The molecule has 2 aliphatic heterocycles. The topological polar surface area (TPSA) is 107 Å². The van der Waals surface area contributed by atoms with Crippen LogP contribution in [-0.2, 0) is 20.4 Å². The molecule has 0 aromatic heterocycles. The Morgan fingerprint density at radius 1 is 0.971 bits per heavy atom. The highest BCUT2D eigenvalue weighted by molar-refractivity contribution is 5.89. The molecule has 0 unspecified atom stereocenters. The Bertz CT molecular complexity index is 1030. The van der Waals surface area contributed by atoms with Gasteiger partial charge < -0.3 is 29.6 Å². The second-order valence-corrected chi connectivity index (χ2v) is 7.68. The minimum absolute atomic E-state index is 0.00783. The van der Waals surface area contributed by atoms with Crippen molar-refractivity contribution in [2.45, 2.75) is 30.5 Å². The first-order valence-electron chi connectivity index (χ1n) is 10.3. The number of fused-ring (bicyclic) bond motifs is 1. The zero-order valence-electron chi connectivity index (χ0n) is 17.9. The van der Waals surface area contributed by atoms with E-state index in [1.807, 2.05) is 0 Å². The quantitative estimate of drug-likeness (QED) is 0.602. The summed E-state index contributed by atoms with van der Waals surface area (Å²) in [5, 5.41) is 7.61. The number of carbonyl (C=O) groups is 2. The predicted octanol–water partition coefficient (Wildman–Crippen LogP) is 3.62. The first kappa shape index (κ1) is 23.6. The van der Waals surface area contributed by atoms with Crippen LogP contribution in [0.15, 0.2) is 48.5 Å². The van der Waals surface area contributed by atoms with Crippen LogP contribution in [0.3, 0.4) is 0 Å². The van der Waals surface area contributed by atoms with E-state index in [0.717, 1.165) is 12.1 Å². The van der Waals surface area contributed by atoms with E-state index in [2.05, 4.69) is 16.0 Å². The molecule has 9 nitrogen and oxygen atoms in total. The Balaban J connectivity index is 1.28. The van der Waals surface area contributed by atoms with Crippen LogP contribution in [0.25, 0.3) is 0 Å². The van der Waals surface area contributed by atoms with Gasteiger partial charge in [-0.3, -0.25) is 5.32 Å². The van der Waals surface area contributed by atoms with Crippen molar-refractivity contribution in [3.8, 4) is 5.75 Å². The molecule has 0 spiro atoms. The number of anilines is 2. The lowest BCUT2D eigenvalue weighted by Gasteiger charge is -2.18. The van der Waals surface area contributed by atoms with Crippen molar-refractivity contribution in [2.24, 2.45) is 0 Å². The molecule has 0 radical (unpaired) electrons. The third-order valence-corrected chi connectivity index (χ3v) is 5.37. The average molecular weight is 481 g/mol. The fourth-order valence-corrected chi connectivity index (χ4v) is 3.76. The van der Waals surface area contributed by atoms with Gasteiger partial charge in [-0.1, -0.05) is 6.07 Å². The first-order valence-corrected chi connectivity index (χ1v) is 10.3. The summed E-state index contributed by atoms with van der Waals surface area (Å²) >= 11 is 0. The largest absolute Gasteiger partial charge is 0.497 e. The molecule has 4 rings (SSSR count). The Morgan fingerprint density at radius 2 is 1.71 bits per heavy atom. The second-order valence-electron chi connectivity index (χ2n) is 7.68. The third kappa shape index (κ3) is 5.51. The Morgan fingerprint density at radius 3 is 2.41 bits per heavy atom. The molecule has 4 atom stereocenters. The maximum atomic E-state index is 12.9. The monoisotopic (exact) mass is 481 g/mol. The van der Waals surface area contributed by atoms with Crippen LogP contribution in [0.2, 0.25) is 0 Å². The van der Waals surface area contributed by atoms with Crippen molar-refractivity contribution < 1.29 is 41.7 Å². The van der Waals surface area contributed by atoms with Gasteiger partial charge in [-0.25, -0.2) is 9.59 Å². The van der Waals surface area contributed by atoms with E-state index >= 15 is 0 Å². The number of nitrogens with one attached hydrogen (secondary N) is 3. The van der Waals surface area contributed by atoms with E-state index in [9.17, 15) is 22.8 Å². The van der Waals surface area contributed by atoms with E-state index in [4.69, 9.17) is 18.9 Å². The van der Waals surface area contributed by atoms with Gasteiger partial charge in [0.25, 0.3) is 0 Å². The molecule has 0 bridgehead atoms. The summed E-state index contributed by atoms with van der Waals surface area (Å²) in [5.74, 6) is 0.640. The summed E-state index contributed by atoms with van der Waals surface area (Å²) in [6, 6.07) is 9.70. The minimum atomic E-state index is -4.52. The van der Waals surface area contributed by atoms with E-state index < -0.39 is 48.2 Å². The zero-order valence-corrected chi connectivity index (χ0v) is 17.9. The van der Waals surface area contributed by atoms with Gasteiger partial charge in [0.05, 0.1) is 31.9 Å². The summed E-state index contributed by atoms with van der Waals surface area (Å²) in [6.07, 6.45) is -7.08. The summed E-state index contributed by atoms with van der Waals surface area (Å²) in [6.45, 7) is 0.157. The molecule has 2 fully saturated rings. The summed E-state index contributed by atoms with van der Waals surface area (Å²) in [4.78, 5) is 24.5. The van der Waals surface area contributed by atoms with E-state index in [-0.39, 0.29) is 18.9 Å². The highest BCUT2D eigenvalue weighted by Crippen LogP contribution is 2.31. The molecule has 12 heteroatoms. The number of methoxy groups -OCH3 is 1. The van der Waals surface area contributed by atoms with Gasteiger partial charge in [0.1, 0.15) is 18.0 Å². The fraction of sp³-hybridized carbons (Fsp3) is 0.364. The lowest BCUT2D eigenvalue weighted by atomic mass is 10.1. The number of carbonyl (C=O) groups excluding carboxylic acids is 2.